The number of nitro groups is 1. The Bertz CT molecular complexity index is 1720. The van der Waals surface area contributed by atoms with E-state index in [2.05, 4.69) is 45.2 Å². The Hall–Kier alpha value is -4.15. The van der Waals surface area contributed by atoms with Crippen LogP contribution >= 0.6 is 23.8 Å². The van der Waals surface area contributed by atoms with Gasteiger partial charge in [0.05, 0.1) is 46.6 Å². The molecule has 4 aromatic rings. The average Bonchev–Trinajstić information content (AvgIpc) is 3.52. The van der Waals surface area contributed by atoms with Crippen molar-refractivity contribution in [1.29, 1.82) is 0 Å². The van der Waals surface area contributed by atoms with Gasteiger partial charge in [-0.2, -0.15) is 0 Å². The van der Waals surface area contributed by atoms with Gasteiger partial charge < -0.3 is 24.4 Å². The number of hydrogen-bond donors (Lipinski definition) is 1. The molecule has 9 nitrogen and oxygen atoms in total. The number of thiocarbonyl (C=S) groups is 1. The van der Waals surface area contributed by atoms with Crippen LogP contribution < -0.4 is 19.9 Å². The van der Waals surface area contributed by atoms with Gasteiger partial charge in [-0.25, -0.2) is 0 Å². The number of halogens is 1. The van der Waals surface area contributed by atoms with Crippen LogP contribution in [-0.4, -0.2) is 39.8 Å². The molecule has 1 N–H and O–H groups in total. The van der Waals surface area contributed by atoms with Crippen LogP contribution in [0.25, 0.3) is 5.69 Å². The molecule has 0 amide bonds. The van der Waals surface area contributed by atoms with Gasteiger partial charge in [-0.3, -0.25) is 15.1 Å². The number of aromatic nitrogens is 2. The van der Waals surface area contributed by atoms with Crippen molar-refractivity contribution in [3.05, 3.63) is 105 Å². The van der Waals surface area contributed by atoms with E-state index in [0.717, 1.165) is 65.9 Å². The zero-order valence-electron chi connectivity index (χ0n) is 25.2. The molecular formula is C33H35ClN6O3S. The van der Waals surface area contributed by atoms with Crippen LogP contribution in [0.1, 0.15) is 54.5 Å². The number of hydrogen-bond acceptors (Lipinski definition) is 6. The van der Waals surface area contributed by atoms with Gasteiger partial charge in [-0.15, -0.1) is 0 Å². The lowest BCUT2D eigenvalue weighted by molar-refractivity contribution is -0.384. The van der Waals surface area contributed by atoms with E-state index in [9.17, 15) is 10.1 Å². The summed E-state index contributed by atoms with van der Waals surface area (Å²) in [5.74, 6) is 1.15. The number of nitrogens with one attached hydrogen (secondary N) is 1. The van der Waals surface area contributed by atoms with Crippen molar-refractivity contribution in [1.82, 2.24) is 14.9 Å². The zero-order chi connectivity index (χ0) is 31.1. The van der Waals surface area contributed by atoms with Crippen molar-refractivity contribution in [3.8, 4) is 11.4 Å². The van der Waals surface area contributed by atoms with E-state index in [1.54, 1.807) is 18.3 Å². The maximum absolute atomic E-state index is 12.1. The number of nitro benzene ring substituents is 1. The summed E-state index contributed by atoms with van der Waals surface area (Å²) in [6, 6.07) is 18.4. The van der Waals surface area contributed by atoms with Crippen LogP contribution in [0.3, 0.4) is 0 Å². The number of aryl methyl sites for hydroxylation is 1. The smallest absolute Gasteiger partial charge is 0.296 e. The Labute approximate surface area is 267 Å². The second-order valence-corrected chi connectivity index (χ2v) is 12.4. The molecule has 4 heterocycles. The van der Waals surface area contributed by atoms with Crippen LogP contribution in [0.2, 0.25) is 5.02 Å². The number of pyridine rings is 1. The first kappa shape index (κ1) is 29.9. The van der Waals surface area contributed by atoms with E-state index in [4.69, 9.17) is 28.6 Å². The number of ether oxygens (including phenoxy) is 1. The van der Waals surface area contributed by atoms with Crippen LogP contribution in [-0.2, 0) is 0 Å². The highest BCUT2D eigenvalue weighted by atomic mass is 35.5. The summed E-state index contributed by atoms with van der Waals surface area (Å²) in [4.78, 5) is 20.9. The molecule has 2 fully saturated rings. The number of anilines is 2. The molecule has 2 aromatic heterocycles. The summed E-state index contributed by atoms with van der Waals surface area (Å²) < 4.78 is 7.20. The van der Waals surface area contributed by atoms with Crippen molar-refractivity contribution in [3.63, 3.8) is 0 Å². The van der Waals surface area contributed by atoms with Gasteiger partial charge in [0.25, 0.3) is 5.69 Å². The van der Waals surface area contributed by atoms with Gasteiger partial charge in [0.2, 0.25) is 0 Å². The van der Waals surface area contributed by atoms with Gasteiger partial charge >= 0.3 is 0 Å². The summed E-state index contributed by atoms with van der Waals surface area (Å²) >= 11 is 12.9. The van der Waals surface area contributed by atoms with E-state index in [1.165, 1.54) is 13.2 Å². The van der Waals surface area contributed by atoms with Gasteiger partial charge in [-0.05, 0) is 98.9 Å². The second-order valence-electron chi connectivity index (χ2n) is 11.6. The number of nitrogens with zero attached hydrogens (tertiary/aromatic N) is 5. The maximum atomic E-state index is 12.1. The SMILES string of the molecule is COc1ccc(-n2c(C)cc(C3C(c4ccccn4)NC(=S)N3c3ccc(N4CCC(C)CC4)c(Cl)c3)c2C)c([N+](=O)[O-])c1. The first-order valence-electron chi connectivity index (χ1n) is 14.7. The van der Waals surface area contributed by atoms with E-state index in [1.807, 2.05) is 42.7 Å². The maximum Gasteiger partial charge on any atom is 0.296 e. The highest BCUT2D eigenvalue weighted by molar-refractivity contribution is 7.80. The van der Waals surface area contributed by atoms with E-state index in [-0.39, 0.29) is 22.7 Å². The summed E-state index contributed by atoms with van der Waals surface area (Å²) in [5.41, 5.74) is 5.86. The highest BCUT2D eigenvalue weighted by Crippen LogP contribution is 2.45. The number of benzene rings is 2. The molecule has 11 heteroatoms. The lowest BCUT2D eigenvalue weighted by Crippen LogP contribution is -2.33. The molecule has 228 valence electrons. The Morgan fingerprint density at radius 1 is 1.07 bits per heavy atom. The van der Waals surface area contributed by atoms with Crippen molar-refractivity contribution >= 4 is 46.0 Å². The van der Waals surface area contributed by atoms with E-state index >= 15 is 0 Å². The summed E-state index contributed by atoms with van der Waals surface area (Å²) in [6.45, 7) is 8.20. The second kappa shape index (κ2) is 12.1. The standard InChI is InChI=1S/C33H35ClN6O3S/c1-20-12-15-37(16-13-20)28-10-8-23(18-26(28)34)39-32(31(36-33(39)44)27-7-5-6-14-35-27)25-17-21(2)38(22(25)3)29-11-9-24(43-4)19-30(29)40(41)42/h5-11,14,17-20,31-32H,12-13,15-16H2,1-4H3,(H,36,44). The molecular weight excluding hydrogens is 596 g/mol. The topological polar surface area (TPSA) is 88.7 Å². The molecule has 2 aliphatic rings. The third-order valence-corrected chi connectivity index (χ3v) is 9.46. The molecule has 2 unspecified atom stereocenters. The summed E-state index contributed by atoms with van der Waals surface area (Å²) in [5, 5.41) is 16.9. The van der Waals surface area contributed by atoms with Crippen molar-refractivity contribution in [2.75, 3.05) is 30.0 Å². The quantitative estimate of drug-likeness (QED) is 0.128. The van der Waals surface area contributed by atoms with Gasteiger partial charge in [-0.1, -0.05) is 24.6 Å². The third kappa shape index (κ3) is 5.37. The lowest BCUT2D eigenvalue weighted by Gasteiger charge is -2.33. The minimum atomic E-state index is -0.377. The molecule has 2 saturated heterocycles. The molecule has 2 aromatic carbocycles. The van der Waals surface area contributed by atoms with Gasteiger partial charge in [0.15, 0.2) is 5.11 Å². The van der Waals surface area contributed by atoms with Gasteiger partial charge in [0, 0.05) is 36.4 Å². The summed E-state index contributed by atoms with van der Waals surface area (Å²) in [6.07, 6.45) is 4.07. The lowest BCUT2D eigenvalue weighted by atomic mass is 9.96. The fraction of sp³-hybridized carbons (Fsp3) is 0.333. The minimum Gasteiger partial charge on any atom is -0.496 e. The predicted molar refractivity (Wildman–Crippen MR) is 178 cm³/mol. The minimum absolute atomic E-state index is 0.0367. The fourth-order valence-electron chi connectivity index (χ4n) is 6.52. The zero-order valence-corrected chi connectivity index (χ0v) is 26.7. The largest absolute Gasteiger partial charge is 0.496 e. The number of piperidine rings is 1. The fourth-order valence-corrected chi connectivity index (χ4v) is 7.16. The van der Waals surface area contributed by atoms with Crippen LogP contribution in [0, 0.1) is 29.9 Å². The van der Waals surface area contributed by atoms with Crippen LogP contribution in [0.15, 0.2) is 66.9 Å². The van der Waals surface area contributed by atoms with E-state index in [0.29, 0.717) is 21.6 Å². The number of methoxy groups -OCH3 is 1. The number of rotatable bonds is 7. The third-order valence-electron chi connectivity index (χ3n) is 8.84. The Balaban J connectivity index is 1.46. The van der Waals surface area contributed by atoms with Gasteiger partial charge in [0.1, 0.15) is 11.4 Å². The molecule has 6 rings (SSSR count). The molecule has 0 aliphatic carbocycles. The van der Waals surface area contributed by atoms with Crippen molar-refractivity contribution in [2.24, 2.45) is 5.92 Å². The molecule has 2 aliphatic heterocycles. The van der Waals surface area contributed by atoms with Crippen molar-refractivity contribution < 1.29 is 9.66 Å². The first-order chi connectivity index (χ1) is 21.2. The first-order valence-corrected chi connectivity index (χ1v) is 15.5. The average molecular weight is 631 g/mol. The molecule has 0 bridgehead atoms. The summed E-state index contributed by atoms with van der Waals surface area (Å²) in [7, 11) is 1.50. The molecule has 0 spiro atoms. The molecule has 0 radical (unpaired) electrons. The Morgan fingerprint density at radius 3 is 2.48 bits per heavy atom. The van der Waals surface area contributed by atoms with Crippen LogP contribution in [0.5, 0.6) is 5.75 Å². The normalized spacial score (nSPS) is 18.9. The molecule has 2 atom stereocenters. The van der Waals surface area contributed by atoms with Crippen LogP contribution in [0.4, 0.5) is 17.1 Å². The predicted octanol–water partition coefficient (Wildman–Crippen LogP) is 7.47. The molecule has 0 saturated carbocycles. The highest BCUT2D eigenvalue weighted by Gasteiger charge is 2.42. The Morgan fingerprint density at radius 2 is 1.82 bits per heavy atom. The van der Waals surface area contributed by atoms with E-state index < -0.39 is 0 Å². The Kier molecular flexibility index (Phi) is 8.22. The monoisotopic (exact) mass is 630 g/mol. The molecule has 44 heavy (non-hydrogen) atoms. The van der Waals surface area contributed by atoms with Crippen molar-refractivity contribution in [2.45, 2.75) is 45.7 Å².